The Labute approximate surface area is 147 Å². The normalized spacial score (nSPS) is 19.6. The van der Waals surface area contributed by atoms with Crippen LogP contribution in [0.4, 0.5) is 5.95 Å². The third-order valence-electron chi connectivity index (χ3n) is 4.49. The standard InChI is InChI=1S/C16H26N4O3S/c1-12(2)10-20-14(19-6-8-23-9-7-19)17-18-15(20)24-11-16(4-5-16)13(21)22-3/h12H,4-11H2,1-3H3. The maximum Gasteiger partial charge on any atom is 0.312 e. The fourth-order valence-electron chi connectivity index (χ4n) is 2.89. The Bertz CT molecular complexity index is 580. The summed E-state index contributed by atoms with van der Waals surface area (Å²) in [7, 11) is 1.46. The maximum atomic E-state index is 11.9. The highest BCUT2D eigenvalue weighted by Crippen LogP contribution is 2.50. The number of thioether (sulfide) groups is 1. The lowest BCUT2D eigenvalue weighted by molar-refractivity contribution is -0.146. The van der Waals surface area contributed by atoms with Crippen molar-refractivity contribution in [3.8, 4) is 0 Å². The smallest absolute Gasteiger partial charge is 0.312 e. The van der Waals surface area contributed by atoms with Gasteiger partial charge < -0.3 is 14.4 Å². The Balaban J connectivity index is 1.74. The molecular formula is C16H26N4O3S. The van der Waals surface area contributed by atoms with Gasteiger partial charge in [0.05, 0.1) is 25.7 Å². The molecular weight excluding hydrogens is 328 g/mol. The van der Waals surface area contributed by atoms with Gasteiger partial charge in [0.1, 0.15) is 0 Å². The van der Waals surface area contributed by atoms with Crippen molar-refractivity contribution < 1.29 is 14.3 Å². The molecule has 0 bridgehead atoms. The topological polar surface area (TPSA) is 69.5 Å². The SMILES string of the molecule is COC(=O)C1(CSc2nnc(N3CCOCC3)n2CC(C)C)CC1. The van der Waals surface area contributed by atoms with Gasteiger partial charge in [-0.25, -0.2) is 0 Å². The number of carbonyl (C=O) groups is 1. The predicted octanol–water partition coefficient (Wildman–Crippen LogP) is 1.82. The van der Waals surface area contributed by atoms with Crippen LogP contribution in [0.3, 0.4) is 0 Å². The molecule has 2 fully saturated rings. The fourth-order valence-corrected chi connectivity index (χ4v) is 4.11. The van der Waals surface area contributed by atoms with Crippen molar-refractivity contribution in [3.05, 3.63) is 0 Å². The summed E-state index contributed by atoms with van der Waals surface area (Å²) in [6, 6.07) is 0. The van der Waals surface area contributed by atoms with Crippen LogP contribution in [0.5, 0.6) is 0 Å². The molecule has 0 atom stereocenters. The molecule has 2 aliphatic rings. The van der Waals surface area contributed by atoms with Crippen molar-refractivity contribution in [3.63, 3.8) is 0 Å². The van der Waals surface area contributed by atoms with Crippen molar-refractivity contribution in [2.24, 2.45) is 11.3 Å². The molecule has 7 nitrogen and oxygen atoms in total. The van der Waals surface area contributed by atoms with Crippen LogP contribution in [0.15, 0.2) is 5.16 Å². The first-order valence-corrected chi connectivity index (χ1v) is 9.51. The molecule has 0 N–H and O–H groups in total. The van der Waals surface area contributed by atoms with Gasteiger partial charge in [-0.15, -0.1) is 10.2 Å². The summed E-state index contributed by atoms with van der Waals surface area (Å²) in [5, 5.41) is 9.72. The summed E-state index contributed by atoms with van der Waals surface area (Å²) in [6.45, 7) is 8.38. The van der Waals surface area contributed by atoms with Crippen LogP contribution < -0.4 is 4.90 Å². The maximum absolute atomic E-state index is 11.9. The lowest BCUT2D eigenvalue weighted by Crippen LogP contribution is -2.38. The second-order valence-corrected chi connectivity index (χ2v) is 7.89. The van der Waals surface area contributed by atoms with E-state index >= 15 is 0 Å². The van der Waals surface area contributed by atoms with Crippen LogP contribution >= 0.6 is 11.8 Å². The number of methoxy groups -OCH3 is 1. The van der Waals surface area contributed by atoms with Crippen LogP contribution in [0.2, 0.25) is 0 Å². The van der Waals surface area contributed by atoms with E-state index in [9.17, 15) is 4.79 Å². The number of hydrogen-bond acceptors (Lipinski definition) is 7. The molecule has 0 spiro atoms. The molecule has 1 aliphatic heterocycles. The number of esters is 1. The second kappa shape index (κ2) is 7.31. The number of aromatic nitrogens is 3. The van der Waals surface area contributed by atoms with E-state index in [0.29, 0.717) is 11.7 Å². The first kappa shape index (κ1) is 17.5. The van der Waals surface area contributed by atoms with Crippen LogP contribution in [-0.2, 0) is 20.8 Å². The predicted molar refractivity (Wildman–Crippen MR) is 92.3 cm³/mol. The van der Waals surface area contributed by atoms with E-state index in [1.807, 2.05) is 0 Å². The fraction of sp³-hybridized carbons (Fsp3) is 0.812. The van der Waals surface area contributed by atoms with E-state index < -0.39 is 0 Å². The van der Waals surface area contributed by atoms with E-state index in [0.717, 1.165) is 56.8 Å². The van der Waals surface area contributed by atoms with Gasteiger partial charge in [-0.1, -0.05) is 25.6 Å². The first-order valence-electron chi connectivity index (χ1n) is 8.53. The van der Waals surface area contributed by atoms with Crippen molar-refractivity contribution in [1.29, 1.82) is 0 Å². The number of anilines is 1. The molecule has 0 unspecified atom stereocenters. The molecule has 24 heavy (non-hydrogen) atoms. The number of hydrogen-bond donors (Lipinski definition) is 0. The third kappa shape index (κ3) is 3.69. The molecule has 1 aliphatic carbocycles. The molecule has 3 rings (SSSR count). The summed E-state index contributed by atoms with van der Waals surface area (Å²) in [4.78, 5) is 14.2. The van der Waals surface area contributed by atoms with Gasteiger partial charge in [0.25, 0.3) is 0 Å². The molecule has 8 heteroatoms. The summed E-state index contributed by atoms with van der Waals surface area (Å²) in [5.41, 5.74) is -0.312. The highest BCUT2D eigenvalue weighted by Gasteiger charge is 2.51. The van der Waals surface area contributed by atoms with Gasteiger partial charge in [0, 0.05) is 25.4 Å². The van der Waals surface area contributed by atoms with E-state index in [4.69, 9.17) is 9.47 Å². The lowest BCUT2D eigenvalue weighted by Gasteiger charge is -2.28. The highest BCUT2D eigenvalue weighted by atomic mass is 32.2. The Morgan fingerprint density at radius 2 is 2.04 bits per heavy atom. The molecule has 1 aromatic rings. The Kier molecular flexibility index (Phi) is 5.34. The van der Waals surface area contributed by atoms with Gasteiger partial charge in [0.2, 0.25) is 5.95 Å². The van der Waals surface area contributed by atoms with Crippen molar-refractivity contribution in [2.75, 3.05) is 44.1 Å². The average Bonchev–Trinajstić information content (AvgIpc) is 3.28. The molecule has 0 radical (unpaired) electrons. The third-order valence-corrected chi connectivity index (χ3v) is 5.75. The summed E-state index contributed by atoms with van der Waals surface area (Å²) in [5.74, 6) is 2.02. The summed E-state index contributed by atoms with van der Waals surface area (Å²) >= 11 is 1.62. The Hall–Kier alpha value is -1.28. The molecule has 1 saturated heterocycles. The zero-order valence-corrected chi connectivity index (χ0v) is 15.5. The quantitative estimate of drug-likeness (QED) is 0.546. The van der Waals surface area contributed by atoms with Crippen LogP contribution in [0, 0.1) is 11.3 Å². The zero-order chi connectivity index (χ0) is 17.2. The van der Waals surface area contributed by atoms with Gasteiger partial charge in [-0.3, -0.25) is 9.36 Å². The van der Waals surface area contributed by atoms with Gasteiger partial charge >= 0.3 is 5.97 Å². The van der Waals surface area contributed by atoms with E-state index in [2.05, 4.69) is 33.5 Å². The molecule has 0 aromatic carbocycles. The molecule has 0 amide bonds. The zero-order valence-electron chi connectivity index (χ0n) is 14.7. The van der Waals surface area contributed by atoms with E-state index in [1.54, 1.807) is 11.8 Å². The number of carbonyl (C=O) groups excluding carboxylic acids is 1. The Morgan fingerprint density at radius 3 is 2.62 bits per heavy atom. The van der Waals surface area contributed by atoms with Crippen LogP contribution in [-0.4, -0.2) is 59.9 Å². The largest absolute Gasteiger partial charge is 0.469 e. The minimum atomic E-state index is -0.312. The highest BCUT2D eigenvalue weighted by molar-refractivity contribution is 7.99. The average molecular weight is 354 g/mol. The monoisotopic (exact) mass is 354 g/mol. The lowest BCUT2D eigenvalue weighted by atomic mass is 10.1. The number of nitrogens with zero attached hydrogens (tertiary/aromatic N) is 4. The molecule has 134 valence electrons. The summed E-state index contributed by atoms with van der Waals surface area (Å²) < 4.78 is 12.6. The van der Waals surface area contributed by atoms with Crippen LogP contribution in [0.25, 0.3) is 0 Å². The molecule has 1 saturated carbocycles. The van der Waals surface area contributed by atoms with Crippen molar-refractivity contribution >= 4 is 23.7 Å². The Morgan fingerprint density at radius 1 is 1.33 bits per heavy atom. The van der Waals surface area contributed by atoms with Crippen molar-refractivity contribution in [2.45, 2.75) is 38.4 Å². The van der Waals surface area contributed by atoms with Crippen molar-refractivity contribution in [1.82, 2.24) is 14.8 Å². The first-order chi connectivity index (χ1) is 11.6. The second-order valence-electron chi connectivity index (χ2n) is 6.95. The minimum Gasteiger partial charge on any atom is -0.469 e. The number of morpholine rings is 1. The van der Waals surface area contributed by atoms with Gasteiger partial charge in [-0.05, 0) is 18.8 Å². The number of ether oxygens (including phenoxy) is 2. The van der Waals surface area contributed by atoms with E-state index in [1.165, 1.54) is 7.11 Å². The summed E-state index contributed by atoms with van der Waals surface area (Å²) in [6.07, 6.45) is 1.81. The molecule has 2 heterocycles. The van der Waals surface area contributed by atoms with E-state index in [-0.39, 0.29) is 11.4 Å². The molecule has 1 aromatic heterocycles. The number of rotatable bonds is 7. The van der Waals surface area contributed by atoms with Gasteiger partial charge in [0.15, 0.2) is 5.16 Å². The van der Waals surface area contributed by atoms with Crippen LogP contribution in [0.1, 0.15) is 26.7 Å². The van der Waals surface area contributed by atoms with Gasteiger partial charge in [-0.2, -0.15) is 0 Å². The minimum absolute atomic E-state index is 0.0988.